The monoisotopic (exact) mass is 380 g/mol. The Bertz CT molecular complexity index is 328. The van der Waals surface area contributed by atoms with Gasteiger partial charge in [-0.2, -0.15) is 0 Å². The Morgan fingerprint density at radius 1 is 0.885 bits per heavy atom. The molecule has 0 radical (unpaired) electrons. The molecule has 0 aliphatic rings. The van der Waals surface area contributed by atoms with Gasteiger partial charge in [0.15, 0.2) is 0 Å². The van der Waals surface area contributed by atoms with E-state index in [1.54, 1.807) is 0 Å². The molecule has 0 saturated carbocycles. The Hall–Kier alpha value is 1.54. The molecule has 0 saturated heterocycles. The van der Waals surface area contributed by atoms with E-state index in [0.717, 1.165) is 5.92 Å². The van der Waals surface area contributed by atoms with Gasteiger partial charge in [0.05, 0.1) is 0 Å². The standard InChI is InChI=1S/C16H33.C3H4O4.Li.2Na/c1-5-8-10-12-13-15(4)16(7-3)14-11-9-6-2;4-2(5)1-3(6)7;;;/h16H,5-14H2,1-4H3;1H2,(H,4,5)(H,6,7);;;/q;;;2*+1/p-2. The molecule has 0 aliphatic carbocycles. The van der Waals surface area contributed by atoms with E-state index in [9.17, 15) is 19.8 Å². The molecule has 0 rings (SSSR count). The fourth-order valence-electron chi connectivity index (χ4n) is 3.12. The van der Waals surface area contributed by atoms with Gasteiger partial charge in [-0.25, -0.2) is 0 Å². The molecule has 2 unspecified atom stereocenters. The normalized spacial score (nSPS) is 13.2. The van der Waals surface area contributed by atoms with Crippen LogP contribution in [0.4, 0.5) is 0 Å². The van der Waals surface area contributed by atoms with E-state index < -0.39 is 18.4 Å². The summed E-state index contributed by atoms with van der Waals surface area (Å²) in [5, 5.41) is 18.6. The van der Waals surface area contributed by atoms with Crippen molar-refractivity contribution in [3.63, 3.8) is 0 Å². The molecule has 7 heteroatoms. The molecular weight excluding hydrogens is 345 g/mol. The summed E-state index contributed by atoms with van der Waals surface area (Å²) in [6.45, 7) is 9.48. The molecule has 0 aromatic carbocycles. The molecule has 0 bridgehead atoms. The van der Waals surface area contributed by atoms with Crippen LogP contribution < -0.4 is 69.3 Å². The zero-order chi connectivity index (χ0) is 19.0. The van der Waals surface area contributed by atoms with Gasteiger partial charge >= 0.3 is 179 Å². The predicted octanol–water partition coefficient (Wildman–Crippen LogP) is -3.21. The van der Waals surface area contributed by atoms with Gasteiger partial charge in [-0.15, -0.1) is 0 Å². The van der Waals surface area contributed by atoms with Crippen molar-refractivity contribution in [2.24, 2.45) is 5.92 Å². The van der Waals surface area contributed by atoms with Crippen molar-refractivity contribution in [1.29, 1.82) is 0 Å². The van der Waals surface area contributed by atoms with E-state index >= 15 is 0 Å². The number of hydrogen-bond donors (Lipinski definition) is 0. The maximum absolute atomic E-state index is 9.28. The van der Waals surface area contributed by atoms with Crippen LogP contribution in [0.1, 0.15) is 98.3 Å². The Morgan fingerprint density at radius 2 is 1.35 bits per heavy atom. The number of aliphatic carboxylic acids is 2. The summed E-state index contributed by atoms with van der Waals surface area (Å²) < 4.78 is 0.566. The van der Waals surface area contributed by atoms with Gasteiger partial charge in [0.25, 0.3) is 0 Å². The van der Waals surface area contributed by atoms with Gasteiger partial charge in [-0.05, 0) is 0 Å². The van der Waals surface area contributed by atoms with Gasteiger partial charge in [-0.3, -0.25) is 0 Å². The van der Waals surface area contributed by atoms with Crippen molar-refractivity contribution in [3.05, 3.63) is 0 Å². The smallest absolute Gasteiger partial charge is 1.00 e. The average Bonchev–Trinajstić information content (AvgIpc) is 2.47. The van der Waals surface area contributed by atoms with Crippen LogP contribution in [-0.2, 0) is 9.59 Å². The largest absolute Gasteiger partial charge is 1.00 e. The van der Waals surface area contributed by atoms with Crippen LogP contribution in [0.15, 0.2) is 0 Å². The number of unbranched alkanes of at least 4 members (excludes halogenated alkanes) is 5. The Labute approximate surface area is 214 Å². The van der Waals surface area contributed by atoms with Gasteiger partial charge in [0.2, 0.25) is 0 Å². The first kappa shape index (κ1) is 35.0. The quantitative estimate of drug-likeness (QED) is 0.191. The van der Waals surface area contributed by atoms with Crippen LogP contribution >= 0.6 is 0 Å². The van der Waals surface area contributed by atoms with Crippen molar-refractivity contribution in [2.75, 3.05) is 0 Å². The number of carbonyl (C=O) groups is 2. The van der Waals surface area contributed by atoms with Gasteiger partial charge in [0.1, 0.15) is 0 Å². The minimum absolute atomic E-state index is 0. The number of carboxylic acids is 2. The summed E-state index contributed by atoms with van der Waals surface area (Å²) >= 11 is 2.50. The summed E-state index contributed by atoms with van der Waals surface area (Å²) in [6.07, 6.45) is 13.1. The number of carbonyl (C=O) groups excluding carboxylic acids is 2. The van der Waals surface area contributed by atoms with E-state index in [1.807, 2.05) is 0 Å². The third-order valence-electron chi connectivity index (χ3n) is 4.72. The number of rotatable bonds is 13. The van der Waals surface area contributed by atoms with E-state index in [4.69, 9.17) is 0 Å². The first-order valence-corrected chi connectivity index (χ1v) is 9.60. The fourth-order valence-corrected chi connectivity index (χ4v) is 3.12. The molecule has 0 aromatic heterocycles. The van der Waals surface area contributed by atoms with Crippen LogP contribution in [0, 0.1) is 5.92 Å². The average molecular weight is 380 g/mol. The predicted molar refractivity (Wildman–Crippen MR) is 95.4 cm³/mol. The minimum Gasteiger partial charge on any atom is 1.00 e. The molecule has 0 spiro atoms. The molecule has 138 valence electrons. The Morgan fingerprint density at radius 3 is 1.69 bits per heavy atom. The molecule has 0 heterocycles. The Balaban J connectivity index is -0.000000230. The van der Waals surface area contributed by atoms with Crippen molar-refractivity contribution >= 4 is 29.7 Å². The van der Waals surface area contributed by atoms with Gasteiger partial charge in [-0.1, -0.05) is 0 Å². The third kappa shape index (κ3) is 23.6. The van der Waals surface area contributed by atoms with Gasteiger partial charge < -0.3 is 19.8 Å². The molecule has 0 amide bonds. The number of hydrogen-bond acceptors (Lipinski definition) is 4. The second-order valence-corrected chi connectivity index (χ2v) is 7.32. The van der Waals surface area contributed by atoms with Crippen LogP contribution in [0.3, 0.4) is 0 Å². The summed E-state index contributed by atoms with van der Waals surface area (Å²) in [6, 6.07) is 0. The molecule has 0 fully saturated rings. The number of carboxylic acid groups (broad SMARTS) is 2. The van der Waals surface area contributed by atoms with Crippen molar-refractivity contribution < 1.29 is 78.9 Å². The summed E-state index contributed by atoms with van der Waals surface area (Å²) in [4.78, 5) is 18.6. The minimum atomic E-state index is -1.63. The zero-order valence-electron chi connectivity index (χ0n) is 18.5. The van der Waals surface area contributed by atoms with Crippen molar-refractivity contribution in [3.8, 4) is 0 Å². The van der Waals surface area contributed by atoms with Crippen LogP contribution in [0.25, 0.3) is 0 Å². The molecule has 0 N–H and O–H groups in total. The SMILES string of the molecule is O=C([O-])CC(=O)[O-].[Li][C](C)(CCCCCC)C(CC)CCCCC.[Na+].[Na+]. The zero-order valence-corrected chi connectivity index (χ0v) is 22.5. The topological polar surface area (TPSA) is 80.3 Å². The fraction of sp³-hybridized carbons (Fsp3) is 0.895. The van der Waals surface area contributed by atoms with E-state index in [2.05, 4.69) is 45.4 Å². The van der Waals surface area contributed by atoms with Crippen LogP contribution in [0.2, 0.25) is 4.09 Å². The van der Waals surface area contributed by atoms with E-state index in [-0.39, 0.29) is 59.1 Å². The molecule has 26 heavy (non-hydrogen) atoms. The summed E-state index contributed by atoms with van der Waals surface area (Å²) in [5.41, 5.74) is 0. The second-order valence-electron chi connectivity index (χ2n) is 7.32. The van der Waals surface area contributed by atoms with E-state index in [0.29, 0.717) is 4.09 Å². The maximum atomic E-state index is 9.28. The van der Waals surface area contributed by atoms with Crippen LogP contribution in [-0.4, -0.2) is 29.7 Å². The second kappa shape index (κ2) is 22.8. The molecule has 0 aliphatic heterocycles. The molecule has 0 aromatic rings. The van der Waals surface area contributed by atoms with Gasteiger partial charge in [0, 0.05) is 18.4 Å². The molecule has 4 nitrogen and oxygen atoms in total. The van der Waals surface area contributed by atoms with E-state index in [1.165, 1.54) is 64.2 Å². The first-order valence-electron chi connectivity index (χ1n) is 9.60. The van der Waals surface area contributed by atoms with Crippen LogP contribution in [0.5, 0.6) is 0 Å². The summed E-state index contributed by atoms with van der Waals surface area (Å²) in [5.74, 6) is -2.31. The maximum Gasteiger partial charge on any atom is 1.00 e. The first-order chi connectivity index (χ1) is 11.2. The third-order valence-corrected chi connectivity index (χ3v) is 4.72. The molecular formula is C19H35LiNa2O4. The Kier molecular flexibility index (Phi) is 30.7. The summed E-state index contributed by atoms with van der Waals surface area (Å²) in [7, 11) is 0. The van der Waals surface area contributed by atoms with Crippen molar-refractivity contribution in [1.82, 2.24) is 0 Å². The molecule has 2 atom stereocenters. The van der Waals surface area contributed by atoms with Crippen molar-refractivity contribution in [2.45, 2.75) is 102 Å².